The lowest BCUT2D eigenvalue weighted by Gasteiger charge is -2.42. The molecule has 4 aliphatic rings. The summed E-state index contributed by atoms with van der Waals surface area (Å²) in [5.41, 5.74) is 3.17. The van der Waals surface area contributed by atoms with E-state index in [1.165, 1.54) is 12.8 Å². The fraction of sp³-hybridized carbons (Fsp3) is 0.417. The molecule has 0 amide bonds. The molecule has 0 heteroatoms. The highest BCUT2D eigenvalue weighted by Gasteiger charge is 2.64. The van der Waals surface area contributed by atoms with Gasteiger partial charge in [-0.2, -0.15) is 0 Å². The van der Waals surface area contributed by atoms with Gasteiger partial charge in [0.15, 0.2) is 0 Å². The molecule has 0 heterocycles. The molecule has 0 nitrogen and oxygen atoms in total. The summed E-state index contributed by atoms with van der Waals surface area (Å²) in [6.45, 7) is 0. The van der Waals surface area contributed by atoms with E-state index in [9.17, 15) is 0 Å². The van der Waals surface area contributed by atoms with Gasteiger partial charge < -0.3 is 0 Å². The maximum absolute atomic E-state index is 2.56. The Kier molecular flexibility index (Phi) is 2.72. The Morgan fingerprint density at radius 3 is 1.46 bits per heavy atom. The van der Waals surface area contributed by atoms with Crippen molar-refractivity contribution in [3.8, 4) is 0 Å². The van der Waals surface area contributed by atoms with Crippen LogP contribution in [0.4, 0.5) is 0 Å². The first-order valence-corrected chi connectivity index (χ1v) is 9.70. The maximum Gasteiger partial charge on any atom is -0.00589 e. The molecule has 8 atom stereocenters. The summed E-state index contributed by atoms with van der Waals surface area (Å²) in [6.07, 6.45) is 8.03. The quantitative estimate of drug-likeness (QED) is 0.497. The topological polar surface area (TPSA) is 0 Å². The first-order valence-electron chi connectivity index (χ1n) is 9.70. The van der Waals surface area contributed by atoms with Crippen molar-refractivity contribution in [2.75, 3.05) is 0 Å². The van der Waals surface area contributed by atoms with Crippen molar-refractivity contribution in [2.24, 2.45) is 35.5 Å². The fourth-order valence-electron chi connectivity index (χ4n) is 7.30. The van der Waals surface area contributed by atoms with Crippen LogP contribution in [0.2, 0.25) is 0 Å². The Hall–Kier alpha value is -1.82. The fourth-order valence-corrected chi connectivity index (χ4v) is 7.30. The van der Waals surface area contributed by atoms with Gasteiger partial charge in [0.05, 0.1) is 0 Å². The van der Waals surface area contributed by atoms with Crippen LogP contribution >= 0.6 is 0 Å². The Bertz CT molecular complexity index is 709. The molecule has 2 aromatic rings. The summed E-state index contributed by atoms with van der Waals surface area (Å²) in [4.78, 5) is 0. The van der Waals surface area contributed by atoms with E-state index in [0.717, 1.165) is 47.3 Å². The highest BCUT2D eigenvalue weighted by atomic mass is 14.7. The van der Waals surface area contributed by atoms with E-state index >= 15 is 0 Å². The molecule has 3 fully saturated rings. The van der Waals surface area contributed by atoms with Crippen LogP contribution in [0.1, 0.15) is 35.8 Å². The van der Waals surface area contributed by atoms with Gasteiger partial charge in [0.2, 0.25) is 0 Å². The number of fused-ring (bicyclic) bond motifs is 9. The molecule has 0 aliphatic heterocycles. The molecule has 0 aromatic heterocycles. The van der Waals surface area contributed by atoms with E-state index in [1.807, 2.05) is 0 Å². The van der Waals surface area contributed by atoms with Crippen molar-refractivity contribution >= 4 is 0 Å². The van der Waals surface area contributed by atoms with Crippen LogP contribution < -0.4 is 0 Å². The van der Waals surface area contributed by atoms with Crippen LogP contribution in [0.25, 0.3) is 0 Å². The highest BCUT2D eigenvalue weighted by Crippen LogP contribution is 2.72. The molecule has 0 spiro atoms. The summed E-state index contributed by atoms with van der Waals surface area (Å²) < 4.78 is 0. The minimum atomic E-state index is 0.729. The number of hydrogen-bond donors (Lipinski definition) is 0. The van der Waals surface area contributed by atoms with Gasteiger partial charge >= 0.3 is 0 Å². The first kappa shape index (κ1) is 13.5. The van der Waals surface area contributed by atoms with E-state index in [0.29, 0.717) is 0 Å². The zero-order valence-corrected chi connectivity index (χ0v) is 14.0. The van der Waals surface area contributed by atoms with Crippen LogP contribution in [-0.2, 0) is 0 Å². The minimum Gasteiger partial charge on any atom is -0.0848 e. The van der Waals surface area contributed by atoms with Gasteiger partial charge in [-0.15, -0.1) is 0 Å². The van der Waals surface area contributed by atoms with Crippen molar-refractivity contribution in [1.82, 2.24) is 0 Å². The van der Waals surface area contributed by atoms with Gasteiger partial charge in [0.25, 0.3) is 0 Å². The van der Waals surface area contributed by atoms with Crippen molar-refractivity contribution < 1.29 is 0 Å². The second-order valence-electron chi connectivity index (χ2n) is 8.54. The SMILES string of the molecule is C1=CC2CC1C1C3CC(C(c4ccccc4)C3c3ccccc3)C21. The Morgan fingerprint density at radius 2 is 1.00 bits per heavy atom. The van der Waals surface area contributed by atoms with Crippen LogP contribution in [-0.4, -0.2) is 0 Å². The molecule has 6 rings (SSSR count). The monoisotopic (exact) mass is 312 g/mol. The number of allylic oxidation sites excluding steroid dienone is 2. The molecule has 4 aliphatic carbocycles. The van der Waals surface area contributed by atoms with Gasteiger partial charge in [0.1, 0.15) is 0 Å². The summed E-state index contributed by atoms with van der Waals surface area (Å²) in [7, 11) is 0. The third kappa shape index (κ3) is 1.64. The van der Waals surface area contributed by atoms with Crippen LogP contribution in [0, 0.1) is 35.5 Å². The maximum atomic E-state index is 2.56. The Balaban J connectivity index is 1.49. The normalized spacial score (nSPS) is 44.2. The zero-order valence-electron chi connectivity index (χ0n) is 14.0. The second-order valence-corrected chi connectivity index (χ2v) is 8.54. The molecule has 3 saturated carbocycles. The van der Waals surface area contributed by atoms with Crippen LogP contribution in [0.3, 0.4) is 0 Å². The van der Waals surface area contributed by atoms with E-state index in [-0.39, 0.29) is 0 Å². The van der Waals surface area contributed by atoms with Crippen molar-refractivity contribution in [2.45, 2.75) is 24.7 Å². The molecule has 0 radical (unpaired) electrons. The lowest BCUT2D eigenvalue weighted by Crippen LogP contribution is -2.34. The van der Waals surface area contributed by atoms with E-state index in [4.69, 9.17) is 0 Å². The van der Waals surface area contributed by atoms with Gasteiger partial charge in [-0.3, -0.25) is 0 Å². The smallest absolute Gasteiger partial charge is 0.00589 e. The summed E-state index contributed by atoms with van der Waals surface area (Å²) in [6, 6.07) is 22.8. The van der Waals surface area contributed by atoms with E-state index in [2.05, 4.69) is 72.8 Å². The van der Waals surface area contributed by atoms with Gasteiger partial charge in [-0.25, -0.2) is 0 Å². The second kappa shape index (κ2) is 4.85. The number of hydrogen-bond acceptors (Lipinski definition) is 0. The lowest BCUT2D eigenvalue weighted by molar-refractivity contribution is 0.162. The van der Waals surface area contributed by atoms with Crippen molar-refractivity contribution in [1.29, 1.82) is 0 Å². The molecule has 4 bridgehead atoms. The molecule has 2 aromatic carbocycles. The minimum absolute atomic E-state index is 0.729. The highest BCUT2D eigenvalue weighted by molar-refractivity contribution is 5.37. The average molecular weight is 312 g/mol. The summed E-state index contributed by atoms with van der Waals surface area (Å²) >= 11 is 0. The third-order valence-corrected chi connectivity index (χ3v) is 7.79. The summed E-state index contributed by atoms with van der Waals surface area (Å²) in [5, 5.41) is 0. The van der Waals surface area contributed by atoms with Crippen molar-refractivity contribution in [3.63, 3.8) is 0 Å². The number of benzene rings is 2. The zero-order chi connectivity index (χ0) is 15.7. The molecule has 24 heavy (non-hydrogen) atoms. The standard InChI is InChI=1S/C24H24/c1-3-7-15(8-4-1)21-19-14-20(22(21)16-9-5-2-6-10-16)24-18-12-11-17(13-18)23(19)24/h1-12,17-24H,13-14H2. The molecular weight excluding hydrogens is 288 g/mol. The predicted octanol–water partition coefficient (Wildman–Crippen LogP) is 5.64. The third-order valence-electron chi connectivity index (χ3n) is 7.79. The molecular formula is C24H24. The first-order chi connectivity index (χ1) is 11.9. The Morgan fingerprint density at radius 1 is 0.542 bits per heavy atom. The molecule has 0 N–H and O–H groups in total. The van der Waals surface area contributed by atoms with E-state index < -0.39 is 0 Å². The van der Waals surface area contributed by atoms with Gasteiger partial charge in [-0.05, 0) is 71.3 Å². The lowest BCUT2D eigenvalue weighted by atomic mass is 9.61. The van der Waals surface area contributed by atoms with Crippen molar-refractivity contribution in [3.05, 3.63) is 83.9 Å². The van der Waals surface area contributed by atoms with Crippen LogP contribution in [0.15, 0.2) is 72.8 Å². The molecule has 120 valence electrons. The molecule has 0 saturated heterocycles. The largest absolute Gasteiger partial charge is 0.0848 e. The van der Waals surface area contributed by atoms with Gasteiger partial charge in [0, 0.05) is 0 Å². The Labute approximate surface area is 144 Å². The average Bonchev–Trinajstić information content (AvgIpc) is 3.41. The predicted molar refractivity (Wildman–Crippen MR) is 97.7 cm³/mol. The molecule has 8 unspecified atom stereocenters. The van der Waals surface area contributed by atoms with Crippen LogP contribution in [0.5, 0.6) is 0 Å². The van der Waals surface area contributed by atoms with E-state index in [1.54, 1.807) is 11.1 Å². The van der Waals surface area contributed by atoms with Gasteiger partial charge in [-0.1, -0.05) is 72.8 Å². The number of rotatable bonds is 2. The summed E-state index contributed by atoms with van der Waals surface area (Å²) in [5.74, 6) is 6.96.